The molecule has 1 fully saturated rings. The van der Waals surface area contributed by atoms with E-state index in [-0.39, 0.29) is 37.5 Å². The molecular weight excluding hydrogens is 444 g/mol. The fourth-order valence-corrected chi connectivity index (χ4v) is 3.26. The number of nitrogens with zero attached hydrogens (tertiary/aromatic N) is 1. The van der Waals surface area contributed by atoms with Gasteiger partial charge in [-0.15, -0.1) is 0 Å². The van der Waals surface area contributed by atoms with Crippen LogP contribution < -0.4 is 5.73 Å². The quantitative estimate of drug-likeness (QED) is 0.382. The van der Waals surface area contributed by atoms with Crippen LogP contribution >= 0.6 is 0 Å². The summed E-state index contributed by atoms with van der Waals surface area (Å²) in [5.74, 6) is -0.727. The van der Waals surface area contributed by atoms with Crippen LogP contribution in [0.25, 0.3) is 0 Å². The van der Waals surface area contributed by atoms with E-state index in [0.29, 0.717) is 6.42 Å². The van der Waals surface area contributed by atoms with Gasteiger partial charge in [0.1, 0.15) is 18.8 Å². The monoisotopic (exact) mass is 472 g/mol. The van der Waals surface area contributed by atoms with Gasteiger partial charge in [0.2, 0.25) is 5.91 Å². The molecular formula is C20H28N2O11. The van der Waals surface area contributed by atoms with Crippen LogP contribution in [0.1, 0.15) is 33.6 Å². The van der Waals surface area contributed by atoms with Crippen LogP contribution in [0.4, 0.5) is 14.4 Å². The fraction of sp³-hybridized carbons (Fsp3) is 0.650. The first-order chi connectivity index (χ1) is 15.8. The Morgan fingerprint density at radius 3 is 2.09 bits per heavy atom. The second kappa shape index (κ2) is 12.6. The number of rotatable bonds is 9. The van der Waals surface area contributed by atoms with E-state index in [0.717, 1.165) is 0 Å². The largest absolute Gasteiger partial charge is 0.508 e. The van der Waals surface area contributed by atoms with E-state index in [9.17, 15) is 19.2 Å². The SMILES string of the molecule is CCOC(=O)OC[C@H]1O[C@H](C2=C(C(N)=O)CCC=N2)[C@@H](OC(=O)OCC)[C@@H]1OC(=O)OCC. The van der Waals surface area contributed by atoms with Gasteiger partial charge in [-0.3, -0.25) is 9.79 Å². The van der Waals surface area contributed by atoms with Gasteiger partial charge in [-0.05, 0) is 33.6 Å². The predicted octanol–water partition coefficient (Wildman–Crippen LogP) is 1.61. The maximum atomic E-state index is 12.1. The van der Waals surface area contributed by atoms with E-state index in [1.54, 1.807) is 27.0 Å². The maximum absolute atomic E-state index is 12.1. The topological polar surface area (TPSA) is 171 Å². The van der Waals surface area contributed by atoms with E-state index >= 15 is 0 Å². The van der Waals surface area contributed by atoms with Crippen molar-refractivity contribution in [3.8, 4) is 0 Å². The fourth-order valence-electron chi connectivity index (χ4n) is 3.26. The Balaban J connectivity index is 2.41. The van der Waals surface area contributed by atoms with Gasteiger partial charge in [0, 0.05) is 11.8 Å². The zero-order chi connectivity index (χ0) is 24.4. The van der Waals surface area contributed by atoms with Crippen molar-refractivity contribution in [2.24, 2.45) is 10.7 Å². The maximum Gasteiger partial charge on any atom is 0.508 e. The Bertz CT molecular complexity index is 795. The minimum Gasteiger partial charge on any atom is -0.435 e. The summed E-state index contributed by atoms with van der Waals surface area (Å²) in [7, 11) is 0. The molecule has 0 unspecified atom stereocenters. The Kier molecular flexibility index (Phi) is 9.91. The number of aliphatic imine (C=N–C) groups is 1. The highest BCUT2D eigenvalue weighted by molar-refractivity contribution is 5.94. The average Bonchev–Trinajstić information content (AvgIpc) is 3.09. The highest BCUT2D eigenvalue weighted by atomic mass is 16.8. The molecule has 0 spiro atoms. The molecule has 0 aromatic carbocycles. The molecule has 0 aromatic rings. The number of hydrogen-bond donors (Lipinski definition) is 1. The Morgan fingerprint density at radius 1 is 0.939 bits per heavy atom. The molecule has 13 nitrogen and oxygen atoms in total. The molecule has 0 aromatic heterocycles. The third-order valence-corrected chi connectivity index (χ3v) is 4.56. The molecule has 0 bridgehead atoms. The third-order valence-electron chi connectivity index (χ3n) is 4.56. The molecule has 4 atom stereocenters. The third kappa shape index (κ3) is 7.07. The van der Waals surface area contributed by atoms with Crippen molar-refractivity contribution in [2.75, 3.05) is 26.4 Å². The van der Waals surface area contributed by atoms with Crippen molar-refractivity contribution in [3.05, 3.63) is 11.3 Å². The Labute approximate surface area is 190 Å². The first kappa shape index (κ1) is 25.9. The molecule has 0 aliphatic carbocycles. The van der Waals surface area contributed by atoms with Gasteiger partial charge >= 0.3 is 18.5 Å². The first-order valence-corrected chi connectivity index (χ1v) is 10.5. The van der Waals surface area contributed by atoms with Crippen LogP contribution in [-0.2, 0) is 38.0 Å². The molecule has 2 heterocycles. The summed E-state index contributed by atoms with van der Waals surface area (Å²) in [6.45, 7) is 4.43. The zero-order valence-electron chi connectivity index (χ0n) is 18.6. The molecule has 33 heavy (non-hydrogen) atoms. The summed E-state index contributed by atoms with van der Waals surface area (Å²) in [4.78, 5) is 52.1. The number of carbonyl (C=O) groups is 4. The van der Waals surface area contributed by atoms with E-state index in [1.165, 1.54) is 0 Å². The number of primary amides is 1. The van der Waals surface area contributed by atoms with Crippen molar-refractivity contribution >= 4 is 30.6 Å². The summed E-state index contributed by atoms with van der Waals surface area (Å²) in [6.07, 6.45) is -5.72. The van der Waals surface area contributed by atoms with Gasteiger partial charge in [-0.25, -0.2) is 14.4 Å². The molecule has 1 amide bonds. The lowest BCUT2D eigenvalue weighted by atomic mass is 9.97. The van der Waals surface area contributed by atoms with Crippen molar-refractivity contribution in [1.29, 1.82) is 0 Å². The van der Waals surface area contributed by atoms with Crippen LogP contribution in [0.15, 0.2) is 16.3 Å². The molecule has 0 radical (unpaired) electrons. The lowest BCUT2D eigenvalue weighted by molar-refractivity contribution is -0.114. The van der Waals surface area contributed by atoms with Crippen LogP contribution in [0, 0.1) is 0 Å². The highest BCUT2D eigenvalue weighted by Gasteiger charge is 2.53. The molecule has 2 aliphatic heterocycles. The molecule has 184 valence electrons. The van der Waals surface area contributed by atoms with Gasteiger partial charge in [-0.2, -0.15) is 0 Å². The van der Waals surface area contributed by atoms with Gasteiger partial charge in [0.25, 0.3) is 0 Å². The number of nitrogens with two attached hydrogens (primary N) is 1. The van der Waals surface area contributed by atoms with Crippen LogP contribution in [0.3, 0.4) is 0 Å². The summed E-state index contributed by atoms with van der Waals surface area (Å²) in [5.41, 5.74) is 5.77. The van der Waals surface area contributed by atoms with Crippen LogP contribution in [0.2, 0.25) is 0 Å². The normalized spacial score (nSPS) is 24.1. The van der Waals surface area contributed by atoms with E-state index in [2.05, 4.69) is 4.99 Å². The summed E-state index contributed by atoms with van der Waals surface area (Å²) < 4.78 is 36.0. The number of carbonyl (C=O) groups excluding carboxylic acids is 4. The second-order valence-electron chi connectivity index (χ2n) is 6.70. The smallest absolute Gasteiger partial charge is 0.435 e. The molecule has 2 rings (SSSR count). The number of amides is 1. The van der Waals surface area contributed by atoms with Crippen molar-refractivity contribution in [3.63, 3.8) is 0 Å². The van der Waals surface area contributed by atoms with E-state index in [4.69, 9.17) is 38.9 Å². The Hall–Kier alpha value is -3.35. The van der Waals surface area contributed by atoms with Gasteiger partial charge in [0.05, 0.1) is 25.5 Å². The van der Waals surface area contributed by atoms with Crippen molar-refractivity contribution in [2.45, 2.75) is 58.0 Å². The standard InChI is InChI=1S/C20H28N2O11/c1-4-27-18(24)30-10-12-14(32-19(25)28-5-2)16(33-20(26)29-6-3)15(31-12)13-11(17(21)23)8-7-9-22-13/h9,12,14-16H,4-8,10H2,1-3H3,(H2,21,23)/t12-,14-,15-,16+/m1/s1. The van der Waals surface area contributed by atoms with E-state index < -0.39 is 55.4 Å². The van der Waals surface area contributed by atoms with Crippen LogP contribution in [0.5, 0.6) is 0 Å². The highest BCUT2D eigenvalue weighted by Crippen LogP contribution is 2.35. The van der Waals surface area contributed by atoms with Crippen LogP contribution in [-0.4, -0.2) is 81.4 Å². The Morgan fingerprint density at radius 2 is 1.52 bits per heavy atom. The second-order valence-corrected chi connectivity index (χ2v) is 6.70. The zero-order valence-corrected chi connectivity index (χ0v) is 18.6. The first-order valence-electron chi connectivity index (χ1n) is 10.5. The van der Waals surface area contributed by atoms with Crippen molar-refractivity contribution in [1.82, 2.24) is 0 Å². The van der Waals surface area contributed by atoms with E-state index in [1.807, 2.05) is 0 Å². The molecule has 13 heteroatoms. The van der Waals surface area contributed by atoms with Gasteiger partial charge < -0.3 is 38.9 Å². The number of ether oxygens (including phenoxy) is 7. The molecule has 2 N–H and O–H groups in total. The lowest BCUT2D eigenvalue weighted by Gasteiger charge is -2.25. The predicted molar refractivity (Wildman–Crippen MR) is 109 cm³/mol. The molecule has 1 saturated heterocycles. The summed E-state index contributed by atoms with van der Waals surface area (Å²) in [6, 6.07) is 0. The lowest BCUT2D eigenvalue weighted by Crippen LogP contribution is -2.42. The van der Waals surface area contributed by atoms with Crippen molar-refractivity contribution < 1.29 is 52.3 Å². The molecule has 0 saturated carbocycles. The van der Waals surface area contributed by atoms with Gasteiger partial charge in [-0.1, -0.05) is 0 Å². The molecule has 2 aliphatic rings. The summed E-state index contributed by atoms with van der Waals surface area (Å²) in [5, 5.41) is 0. The number of hydrogen-bond acceptors (Lipinski definition) is 12. The summed E-state index contributed by atoms with van der Waals surface area (Å²) >= 11 is 0. The minimum atomic E-state index is -1.32. The average molecular weight is 472 g/mol. The van der Waals surface area contributed by atoms with Gasteiger partial charge in [0.15, 0.2) is 12.2 Å². The minimum absolute atomic E-state index is 0.0171.